The fraction of sp³-hybridized carbons (Fsp3) is 0.227. The summed E-state index contributed by atoms with van der Waals surface area (Å²) in [4.78, 5) is 30.9. The van der Waals surface area contributed by atoms with E-state index in [0.717, 1.165) is 11.8 Å². The Balaban J connectivity index is 1.69. The van der Waals surface area contributed by atoms with E-state index in [1.165, 1.54) is 17.0 Å². The molecule has 0 spiro atoms. The summed E-state index contributed by atoms with van der Waals surface area (Å²) in [5, 5.41) is 2.49. The number of aliphatic imine (C=N–C) groups is 1. The number of thioether (sulfide) groups is 1. The van der Waals surface area contributed by atoms with Crippen LogP contribution < -0.4 is 10.1 Å². The van der Waals surface area contributed by atoms with E-state index >= 15 is 0 Å². The summed E-state index contributed by atoms with van der Waals surface area (Å²) in [6.45, 7) is 6.34. The molecule has 30 heavy (non-hydrogen) atoms. The van der Waals surface area contributed by atoms with Crippen LogP contribution in [0.2, 0.25) is 0 Å². The van der Waals surface area contributed by atoms with Crippen LogP contribution >= 0.6 is 11.8 Å². The van der Waals surface area contributed by atoms with Crippen molar-refractivity contribution < 1.29 is 18.7 Å². The van der Waals surface area contributed by atoms with Crippen LogP contribution in [0.15, 0.2) is 66.2 Å². The number of hydrogen-bond acceptors (Lipinski definition) is 5. The lowest BCUT2D eigenvalue weighted by Crippen LogP contribution is -2.33. The molecule has 1 saturated heterocycles. The van der Waals surface area contributed by atoms with Crippen LogP contribution in [0.25, 0.3) is 0 Å². The average Bonchev–Trinajstić information content (AvgIpc) is 3.00. The van der Waals surface area contributed by atoms with Crippen molar-refractivity contribution >= 4 is 40.1 Å². The molecule has 2 aromatic carbocycles. The van der Waals surface area contributed by atoms with Gasteiger partial charge in [0, 0.05) is 18.7 Å². The Bertz CT molecular complexity index is 962. The fourth-order valence-electron chi connectivity index (χ4n) is 2.85. The van der Waals surface area contributed by atoms with Gasteiger partial charge < -0.3 is 10.1 Å². The number of amides is 2. The minimum Gasteiger partial charge on any atom is -0.494 e. The molecule has 0 aromatic heterocycles. The Morgan fingerprint density at radius 3 is 2.70 bits per heavy atom. The van der Waals surface area contributed by atoms with Crippen molar-refractivity contribution in [2.24, 2.45) is 4.99 Å². The van der Waals surface area contributed by atoms with Gasteiger partial charge in [-0.15, -0.1) is 6.58 Å². The summed E-state index contributed by atoms with van der Waals surface area (Å²) < 4.78 is 19.3. The minimum absolute atomic E-state index is 0.0271. The molecule has 6 nitrogen and oxygen atoms in total. The highest BCUT2D eigenvalue weighted by molar-refractivity contribution is 8.15. The number of anilines is 1. The molecule has 0 bridgehead atoms. The second-order valence-electron chi connectivity index (χ2n) is 6.40. The number of hydrogen-bond donors (Lipinski definition) is 1. The number of ether oxygens (including phenoxy) is 1. The molecule has 2 aromatic rings. The predicted molar refractivity (Wildman–Crippen MR) is 118 cm³/mol. The molecule has 0 saturated carbocycles. The van der Waals surface area contributed by atoms with E-state index in [0.29, 0.717) is 23.2 Å². The fourth-order valence-corrected chi connectivity index (χ4v) is 4.01. The highest BCUT2D eigenvalue weighted by Crippen LogP contribution is 2.32. The van der Waals surface area contributed by atoms with Gasteiger partial charge in [0.15, 0.2) is 5.17 Å². The molecule has 2 amide bonds. The minimum atomic E-state index is -0.641. The number of para-hydroxylation sites is 1. The van der Waals surface area contributed by atoms with Gasteiger partial charge in [0.05, 0.1) is 6.61 Å². The maximum absolute atomic E-state index is 14.0. The van der Waals surface area contributed by atoms with Crippen molar-refractivity contribution in [1.29, 1.82) is 0 Å². The van der Waals surface area contributed by atoms with Crippen LogP contribution in [0.5, 0.6) is 5.75 Å². The van der Waals surface area contributed by atoms with Crippen molar-refractivity contribution in [2.45, 2.75) is 18.6 Å². The van der Waals surface area contributed by atoms with E-state index in [9.17, 15) is 14.0 Å². The van der Waals surface area contributed by atoms with Gasteiger partial charge >= 0.3 is 0 Å². The number of carbonyl (C=O) groups excluding carboxylic acids is 2. The number of nitrogens with zero attached hydrogens (tertiary/aromatic N) is 2. The second-order valence-corrected chi connectivity index (χ2v) is 7.57. The van der Waals surface area contributed by atoms with E-state index in [-0.39, 0.29) is 30.5 Å². The lowest BCUT2D eigenvalue weighted by atomic mass is 10.2. The molecule has 1 aliphatic heterocycles. The molecule has 1 atom stereocenters. The molecule has 1 fully saturated rings. The quantitative estimate of drug-likeness (QED) is 0.635. The van der Waals surface area contributed by atoms with Gasteiger partial charge in [-0.2, -0.15) is 0 Å². The van der Waals surface area contributed by atoms with E-state index < -0.39 is 11.1 Å². The Hall–Kier alpha value is -3.13. The first kappa shape index (κ1) is 21.6. The summed E-state index contributed by atoms with van der Waals surface area (Å²) in [6.07, 6.45) is 1.54. The molecule has 0 unspecified atom stereocenters. The standard InChI is InChI=1S/C22H22FN3O3S/c1-3-13-26-21(28)19(30-22(26)25-18-8-6-5-7-17(18)23)14-20(27)24-15-9-11-16(12-10-15)29-4-2/h3,5-12,19H,1,4,13-14H2,2H3,(H,24,27)/t19-/m1/s1. The summed E-state index contributed by atoms with van der Waals surface area (Å²) >= 11 is 1.15. The van der Waals surface area contributed by atoms with E-state index in [2.05, 4.69) is 16.9 Å². The molecular weight excluding hydrogens is 405 g/mol. The van der Waals surface area contributed by atoms with Crippen LogP contribution in [0.3, 0.4) is 0 Å². The van der Waals surface area contributed by atoms with Crippen LogP contribution in [-0.4, -0.2) is 40.3 Å². The Labute approximate surface area is 178 Å². The first-order chi connectivity index (χ1) is 14.5. The second kappa shape index (κ2) is 10.1. The smallest absolute Gasteiger partial charge is 0.242 e. The average molecular weight is 428 g/mol. The first-order valence-corrected chi connectivity index (χ1v) is 10.3. The SMILES string of the molecule is C=CCN1C(=O)[C@@H](CC(=O)Nc2ccc(OCC)cc2)SC1=Nc1ccccc1F. The first-order valence-electron chi connectivity index (χ1n) is 9.46. The highest BCUT2D eigenvalue weighted by Gasteiger charge is 2.38. The lowest BCUT2D eigenvalue weighted by Gasteiger charge is -2.14. The highest BCUT2D eigenvalue weighted by atomic mass is 32.2. The third-order valence-corrected chi connectivity index (χ3v) is 5.40. The van der Waals surface area contributed by atoms with E-state index in [1.807, 2.05) is 6.92 Å². The zero-order valence-electron chi connectivity index (χ0n) is 16.5. The van der Waals surface area contributed by atoms with Crippen LogP contribution in [0, 0.1) is 5.82 Å². The van der Waals surface area contributed by atoms with Crippen molar-refractivity contribution in [3.8, 4) is 5.75 Å². The largest absolute Gasteiger partial charge is 0.494 e. The van der Waals surface area contributed by atoms with Gasteiger partial charge in [0.2, 0.25) is 11.8 Å². The van der Waals surface area contributed by atoms with Crippen LogP contribution in [0.1, 0.15) is 13.3 Å². The summed E-state index contributed by atoms with van der Waals surface area (Å²) in [6, 6.07) is 13.1. The molecule has 0 radical (unpaired) electrons. The van der Waals surface area contributed by atoms with Gasteiger partial charge in [-0.3, -0.25) is 14.5 Å². The number of carbonyl (C=O) groups is 2. The Kier molecular flexibility index (Phi) is 7.24. The Morgan fingerprint density at radius 1 is 1.30 bits per heavy atom. The normalized spacial score (nSPS) is 17.3. The molecule has 3 rings (SSSR count). The van der Waals surface area contributed by atoms with Gasteiger partial charge in [0.1, 0.15) is 22.5 Å². The number of benzene rings is 2. The lowest BCUT2D eigenvalue weighted by molar-refractivity contribution is -0.127. The zero-order valence-corrected chi connectivity index (χ0v) is 17.3. The van der Waals surface area contributed by atoms with Crippen molar-refractivity contribution in [2.75, 3.05) is 18.5 Å². The maximum atomic E-state index is 14.0. The molecule has 1 heterocycles. The Morgan fingerprint density at radius 2 is 2.03 bits per heavy atom. The molecule has 8 heteroatoms. The third kappa shape index (κ3) is 5.27. The van der Waals surface area contributed by atoms with Crippen molar-refractivity contribution in [3.63, 3.8) is 0 Å². The van der Waals surface area contributed by atoms with Gasteiger partial charge in [0.25, 0.3) is 0 Å². The zero-order chi connectivity index (χ0) is 21.5. The molecule has 1 aliphatic rings. The van der Waals surface area contributed by atoms with Gasteiger partial charge in [-0.25, -0.2) is 9.38 Å². The number of amidine groups is 1. The maximum Gasteiger partial charge on any atom is 0.242 e. The van der Waals surface area contributed by atoms with Crippen LogP contribution in [0.4, 0.5) is 15.8 Å². The molecular formula is C22H22FN3O3S. The van der Waals surface area contributed by atoms with Gasteiger partial charge in [-0.1, -0.05) is 30.0 Å². The molecule has 0 aliphatic carbocycles. The third-order valence-electron chi connectivity index (χ3n) is 4.22. The van der Waals surface area contributed by atoms with Crippen LogP contribution in [-0.2, 0) is 9.59 Å². The number of halogens is 1. The predicted octanol–water partition coefficient (Wildman–Crippen LogP) is 4.37. The summed E-state index contributed by atoms with van der Waals surface area (Å²) in [7, 11) is 0. The van der Waals surface area contributed by atoms with Crippen molar-refractivity contribution in [3.05, 3.63) is 67.0 Å². The van der Waals surface area contributed by atoms with Crippen molar-refractivity contribution in [1.82, 2.24) is 4.90 Å². The number of rotatable bonds is 8. The van der Waals surface area contributed by atoms with E-state index in [1.54, 1.807) is 42.5 Å². The van der Waals surface area contributed by atoms with E-state index in [4.69, 9.17) is 4.74 Å². The molecule has 1 N–H and O–H groups in total. The topological polar surface area (TPSA) is 71.0 Å². The summed E-state index contributed by atoms with van der Waals surface area (Å²) in [5.41, 5.74) is 0.753. The molecule has 156 valence electrons. The monoisotopic (exact) mass is 427 g/mol. The number of nitrogens with one attached hydrogen (secondary N) is 1. The van der Waals surface area contributed by atoms with Gasteiger partial charge in [-0.05, 0) is 43.3 Å². The summed E-state index contributed by atoms with van der Waals surface area (Å²) in [5.74, 6) is -0.313.